The van der Waals surface area contributed by atoms with Gasteiger partial charge in [-0.3, -0.25) is 0 Å². The van der Waals surface area contributed by atoms with E-state index in [-0.39, 0.29) is 10.8 Å². The highest BCUT2D eigenvalue weighted by atomic mass is 28.3. The maximum Gasteiger partial charge on any atom is 0.131 e. The molecule has 188 valence electrons. The van der Waals surface area contributed by atoms with Gasteiger partial charge in [-0.15, -0.1) is 0 Å². The predicted octanol–water partition coefficient (Wildman–Crippen LogP) is 8.70. The highest BCUT2D eigenvalue weighted by Gasteiger charge is 2.54. The third kappa shape index (κ3) is 3.98. The molecule has 0 atom stereocenters. The highest BCUT2D eigenvalue weighted by molar-refractivity contribution is 6.77. The van der Waals surface area contributed by atoms with Gasteiger partial charge in [-0.25, -0.2) is 0 Å². The van der Waals surface area contributed by atoms with Crippen LogP contribution >= 0.6 is 0 Å². The molecule has 0 spiro atoms. The van der Waals surface area contributed by atoms with Gasteiger partial charge in [-0.1, -0.05) is 91.0 Å². The highest BCUT2D eigenvalue weighted by Crippen LogP contribution is 2.57. The number of rotatable bonds is 3. The van der Waals surface area contributed by atoms with Crippen molar-refractivity contribution in [3.05, 3.63) is 58.7 Å². The van der Waals surface area contributed by atoms with Gasteiger partial charge >= 0.3 is 0 Å². The van der Waals surface area contributed by atoms with E-state index in [0.717, 1.165) is 17.8 Å². The molecule has 5 aliphatic rings. The molecule has 2 heteroatoms. The van der Waals surface area contributed by atoms with E-state index in [1.807, 2.05) is 0 Å². The summed E-state index contributed by atoms with van der Waals surface area (Å²) in [6.07, 6.45) is 8.86. The third-order valence-corrected chi connectivity index (χ3v) is 13.3. The molecular weight excluding hydrogens is 438 g/mol. The summed E-state index contributed by atoms with van der Waals surface area (Å²) in [7, 11) is -1.87. The van der Waals surface area contributed by atoms with Crippen molar-refractivity contribution in [2.75, 3.05) is 0 Å². The van der Waals surface area contributed by atoms with Crippen LogP contribution in [0.15, 0.2) is 36.4 Å². The first kappa shape index (κ1) is 24.0. The molecule has 7 rings (SSSR count). The molecule has 0 aromatic heterocycles. The fourth-order valence-electron chi connectivity index (χ4n) is 8.99. The Hall–Kier alpha value is -1.38. The second kappa shape index (κ2) is 7.57. The summed E-state index contributed by atoms with van der Waals surface area (Å²) in [5.41, 5.74) is 10.4. The molecule has 0 heterocycles. The Balaban J connectivity index is 1.46. The van der Waals surface area contributed by atoms with Crippen LogP contribution in [0.4, 0.5) is 0 Å². The van der Waals surface area contributed by atoms with E-state index < -0.39 is 8.24 Å². The van der Waals surface area contributed by atoms with Crippen LogP contribution in [-0.2, 0) is 10.8 Å². The van der Waals surface area contributed by atoms with Crippen LogP contribution in [0, 0.1) is 17.8 Å². The summed E-state index contributed by atoms with van der Waals surface area (Å²) < 4.78 is 0. The van der Waals surface area contributed by atoms with E-state index in [1.165, 1.54) is 60.8 Å². The van der Waals surface area contributed by atoms with E-state index in [0.29, 0.717) is 11.1 Å². The Morgan fingerprint density at radius 2 is 1.09 bits per heavy atom. The third-order valence-electron chi connectivity index (χ3n) is 10.1. The normalized spacial score (nSPS) is 30.0. The molecule has 4 bridgehead atoms. The number of nitrogens with one attached hydrogen (secondary N) is 1. The molecule has 4 fully saturated rings. The smallest absolute Gasteiger partial charge is 0.131 e. The van der Waals surface area contributed by atoms with Crippen molar-refractivity contribution in [1.82, 2.24) is 4.98 Å². The first-order valence-electron chi connectivity index (χ1n) is 14.3. The van der Waals surface area contributed by atoms with E-state index in [9.17, 15) is 0 Å². The molecule has 5 aliphatic carbocycles. The van der Waals surface area contributed by atoms with Crippen molar-refractivity contribution in [2.45, 2.75) is 115 Å². The van der Waals surface area contributed by atoms with Gasteiger partial charge in [0, 0.05) is 11.1 Å². The number of hydrogen-bond acceptors (Lipinski definition) is 1. The average Bonchev–Trinajstić information content (AvgIpc) is 3.04. The van der Waals surface area contributed by atoms with E-state index in [2.05, 4.69) is 96.0 Å². The van der Waals surface area contributed by atoms with Crippen LogP contribution in [0.5, 0.6) is 0 Å². The van der Waals surface area contributed by atoms with E-state index in [1.54, 1.807) is 11.1 Å². The molecule has 0 unspecified atom stereocenters. The first-order valence-corrected chi connectivity index (χ1v) is 17.4. The minimum atomic E-state index is -1.87. The Labute approximate surface area is 215 Å². The number of benzene rings is 2. The van der Waals surface area contributed by atoms with E-state index in [4.69, 9.17) is 0 Å². The van der Waals surface area contributed by atoms with E-state index >= 15 is 0 Å². The quantitative estimate of drug-likeness (QED) is 0.429. The summed E-state index contributed by atoms with van der Waals surface area (Å²) in [6.45, 7) is 19.5. The molecular formula is C33H47NSi. The van der Waals surface area contributed by atoms with Gasteiger partial charge in [-0.2, -0.15) is 0 Å². The molecule has 0 amide bonds. The molecule has 4 saturated carbocycles. The fourth-order valence-corrected chi connectivity index (χ4v) is 12.8. The molecule has 2 aromatic rings. The van der Waals surface area contributed by atoms with Crippen molar-refractivity contribution in [2.24, 2.45) is 17.8 Å². The van der Waals surface area contributed by atoms with Gasteiger partial charge < -0.3 is 4.98 Å². The van der Waals surface area contributed by atoms with Crippen molar-refractivity contribution < 1.29 is 0 Å². The minimum absolute atomic E-state index is 0.171. The van der Waals surface area contributed by atoms with Crippen LogP contribution in [0.25, 0.3) is 11.1 Å². The minimum Gasteiger partial charge on any atom is -0.331 e. The Bertz CT molecular complexity index is 1060. The van der Waals surface area contributed by atoms with Crippen LogP contribution in [0.1, 0.15) is 108 Å². The lowest BCUT2D eigenvalue weighted by molar-refractivity contribution is -0.00983. The zero-order valence-corrected chi connectivity index (χ0v) is 24.5. The lowest BCUT2D eigenvalue weighted by Crippen LogP contribution is -2.67. The van der Waals surface area contributed by atoms with Gasteiger partial charge in [-0.05, 0) is 100 Å². The number of hydrogen-bond donors (Lipinski definition) is 1. The van der Waals surface area contributed by atoms with Crippen molar-refractivity contribution in [3.63, 3.8) is 0 Å². The summed E-state index contributed by atoms with van der Waals surface area (Å²) in [5.74, 6) is 2.96. The van der Waals surface area contributed by atoms with Crippen molar-refractivity contribution in [3.8, 4) is 11.1 Å². The van der Waals surface area contributed by atoms with Crippen LogP contribution in [-0.4, -0.2) is 13.8 Å². The second-order valence-corrected chi connectivity index (χ2v) is 19.9. The van der Waals surface area contributed by atoms with Crippen molar-refractivity contribution >= 4 is 8.24 Å². The Morgan fingerprint density at radius 3 is 1.46 bits per heavy atom. The summed E-state index contributed by atoms with van der Waals surface area (Å²) in [4.78, 5) is 4.58. The monoisotopic (exact) mass is 485 g/mol. The standard InChI is InChI=1S/C33H47NSi/c1-31(2,3)24-9-11-26-27-12-10-25(32(4,5)6)17-29(27)30(28(26)16-24)35(7,8)34-33-18-21-13-22(19-33)15-23(14-21)20-33/h9-12,16-17,21-23,30,34H,13-15,18-20H2,1-8H3. The average molecular weight is 486 g/mol. The number of fused-ring (bicyclic) bond motifs is 3. The molecule has 1 nitrogen and oxygen atoms in total. The zero-order chi connectivity index (χ0) is 25.0. The molecule has 35 heavy (non-hydrogen) atoms. The molecule has 0 aliphatic heterocycles. The van der Waals surface area contributed by atoms with Gasteiger partial charge in [0.1, 0.15) is 8.24 Å². The maximum atomic E-state index is 4.58. The fraction of sp³-hybridized carbons (Fsp3) is 0.636. The first-order chi connectivity index (χ1) is 16.2. The summed E-state index contributed by atoms with van der Waals surface area (Å²) in [5, 5.41) is 0. The zero-order valence-electron chi connectivity index (χ0n) is 23.5. The van der Waals surface area contributed by atoms with Gasteiger partial charge in [0.25, 0.3) is 0 Å². The lowest BCUT2D eigenvalue weighted by Gasteiger charge is -2.59. The van der Waals surface area contributed by atoms with Crippen LogP contribution < -0.4 is 4.98 Å². The van der Waals surface area contributed by atoms with Crippen LogP contribution in [0.3, 0.4) is 0 Å². The predicted molar refractivity (Wildman–Crippen MR) is 153 cm³/mol. The maximum absolute atomic E-state index is 4.58. The summed E-state index contributed by atoms with van der Waals surface area (Å²) >= 11 is 0. The largest absolute Gasteiger partial charge is 0.331 e. The van der Waals surface area contributed by atoms with Gasteiger partial charge in [0.2, 0.25) is 0 Å². The lowest BCUT2D eigenvalue weighted by atomic mass is 9.53. The van der Waals surface area contributed by atoms with Gasteiger partial charge in [0.05, 0.1) is 0 Å². The molecule has 2 aromatic carbocycles. The second-order valence-electron chi connectivity index (χ2n) is 15.6. The SMILES string of the molecule is CC(C)(C)c1ccc2c(c1)C([Si](C)(C)NC13CC4CC(CC(C4)C1)C3)c1cc(C(C)(C)C)ccc1-2. The molecule has 1 N–H and O–H groups in total. The van der Waals surface area contributed by atoms with Crippen LogP contribution in [0.2, 0.25) is 13.1 Å². The Kier molecular flexibility index (Phi) is 5.19. The molecule has 0 radical (unpaired) electrons. The van der Waals surface area contributed by atoms with Crippen molar-refractivity contribution in [1.29, 1.82) is 0 Å². The van der Waals surface area contributed by atoms with Gasteiger partial charge in [0.15, 0.2) is 0 Å². The Morgan fingerprint density at radius 1 is 0.686 bits per heavy atom. The summed E-state index contributed by atoms with van der Waals surface area (Å²) in [6, 6.07) is 14.9. The topological polar surface area (TPSA) is 12.0 Å². The molecule has 0 saturated heterocycles.